The maximum Gasteiger partial charge on any atom is 0.230 e. The topological polar surface area (TPSA) is 85.8 Å². The molecule has 0 aromatic carbocycles. The lowest BCUT2D eigenvalue weighted by Gasteiger charge is -2.08. The average molecular weight is 355 g/mol. The highest BCUT2D eigenvalue weighted by Gasteiger charge is 2.16. The number of amides is 1. The summed E-state index contributed by atoms with van der Waals surface area (Å²) in [5.41, 5.74) is 0.900. The van der Waals surface area contributed by atoms with Gasteiger partial charge in [0.25, 0.3) is 0 Å². The van der Waals surface area contributed by atoms with E-state index in [0.717, 1.165) is 11.3 Å². The number of furan rings is 1. The van der Waals surface area contributed by atoms with E-state index in [1.165, 1.54) is 11.8 Å². The van der Waals surface area contributed by atoms with Crippen molar-refractivity contribution in [1.82, 2.24) is 25.1 Å². The Morgan fingerprint density at radius 2 is 2.16 bits per heavy atom. The van der Waals surface area contributed by atoms with Crippen LogP contribution in [-0.4, -0.2) is 38.0 Å². The van der Waals surface area contributed by atoms with Crippen LogP contribution in [0.15, 0.2) is 65.2 Å². The molecule has 0 atom stereocenters. The van der Waals surface area contributed by atoms with Gasteiger partial charge in [0.05, 0.1) is 18.6 Å². The maximum absolute atomic E-state index is 11.8. The minimum Gasteiger partial charge on any atom is -0.467 e. The molecule has 3 rings (SSSR count). The van der Waals surface area contributed by atoms with Crippen LogP contribution in [0.5, 0.6) is 0 Å². The van der Waals surface area contributed by atoms with Gasteiger partial charge < -0.3 is 9.73 Å². The van der Waals surface area contributed by atoms with Crippen molar-refractivity contribution < 1.29 is 9.21 Å². The fourth-order valence-electron chi connectivity index (χ4n) is 2.18. The molecule has 8 heteroatoms. The molecular formula is C17H17N5O2S. The Morgan fingerprint density at radius 3 is 2.88 bits per heavy atom. The number of aromatic nitrogens is 4. The lowest BCUT2D eigenvalue weighted by Crippen LogP contribution is -2.25. The number of hydrogen-bond donors (Lipinski definition) is 1. The predicted octanol–water partition coefficient (Wildman–Crippen LogP) is 2.38. The van der Waals surface area contributed by atoms with E-state index >= 15 is 0 Å². The fraction of sp³-hybridized carbons (Fsp3) is 0.176. The molecule has 0 aliphatic heterocycles. The van der Waals surface area contributed by atoms with E-state index in [1.807, 2.05) is 28.8 Å². The smallest absolute Gasteiger partial charge is 0.230 e. The first-order valence-corrected chi connectivity index (χ1v) is 8.63. The molecule has 25 heavy (non-hydrogen) atoms. The largest absolute Gasteiger partial charge is 0.467 e. The Kier molecular flexibility index (Phi) is 5.63. The normalized spacial score (nSPS) is 10.6. The third-order valence-electron chi connectivity index (χ3n) is 3.33. The molecule has 0 unspecified atom stereocenters. The monoisotopic (exact) mass is 355 g/mol. The molecule has 0 radical (unpaired) electrons. The second-order valence-electron chi connectivity index (χ2n) is 5.09. The quantitative estimate of drug-likeness (QED) is 0.493. The molecular weight excluding hydrogens is 338 g/mol. The summed E-state index contributed by atoms with van der Waals surface area (Å²) in [6.07, 6.45) is 6.68. The van der Waals surface area contributed by atoms with Crippen LogP contribution < -0.4 is 5.32 Å². The van der Waals surface area contributed by atoms with Crippen molar-refractivity contribution in [3.05, 3.63) is 61.3 Å². The fourth-order valence-corrected chi connectivity index (χ4v) is 2.95. The lowest BCUT2D eigenvalue weighted by atomic mass is 10.2. The molecule has 0 saturated heterocycles. The Labute approximate surface area is 149 Å². The molecule has 0 bridgehead atoms. The second-order valence-corrected chi connectivity index (χ2v) is 6.03. The molecule has 0 spiro atoms. The van der Waals surface area contributed by atoms with E-state index in [2.05, 4.69) is 27.1 Å². The summed E-state index contributed by atoms with van der Waals surface area (Å²) in [6.45, 7) is 4.51. The minimum atomic E-state index is -0.0806. The summed E-state index contributed by atoms with van der Waals surface area (Å²) >= 11 is 1.33. The van der Waals surface area contributed by atoms with Gasteiger partial charge in [-0.3, -0.25) is 14.3 Å². The van der Waals surface area contributed by atoms with Crippen molar-refractivity contribution in [1.29, 1.82) is 0 Å². The van der Waals surface area contributed by atoms with Crippen molar-refractivity contribution in [2.75, 3.05) is 12.3 Å². The average Bonchev–Trinajstić information content (AvgIpc) is 3.29. The van der Waals surface area contributed by atoms with E-state index < -0.39 is 0 Å². The highest BCUT2D eigenvalue weighted by molar-refractivity contribution is 7.99. The number of rotatable bonds is 8. The summed E-state index contributed by atoms with van der Waals surface area (Å²) in [7, 11) is 0. The lowest BCUT2D eigenvalue weighted by molar-refractivity contribution is -0.118. The van der Waals surface area contributed by atoms with Crippen LogP contribution in [0.2, 0.25) is 0 Å². The van der Waals surface area contributed by atoms with Gasteiger partial charge in [-0.05, 0) is 24.3 Å². The van der Waals surface area contributed by atoms with Gasteiger partial charge in [-0.25, -0.2) is 0 Å². The van der Waals surface area contributed by atoms with Crippen molar-refractivity contribution >= 4 is 17.7 Å². The third-order valence-corrected chi connectivity index (χ3v) is 4.29. The van der Waals surface area contributed by atoms with Crippen LogP contribution in [0.1, 0.15) is 5.76 Å². The van der Waals surface area contributed by atoms with Crippen LogP contribution in [0.25, 0.3) is 11.4 Å². The number of hydrogen-bond acceptors (Lipinski definition) is 6. The zero-order valence-electron chi connectivity index (χ0n) is 13.5. The summed E-state index contributed by atoms with van der Waals surface area (Å²) in [5, 5.41) is 11.9. The van der Waals surface area contributed by atoms with Gasteiger partial charge in [0.1, 0.15) is 5.76 Å². The molecule has 3 aromatic heterocycles. The molecule has 0 aliphatic rings. The summed E-state index contributed by atoms with van der Waals surface area (Å²) < 4.78 is 7.37. The number of nitrogens with zero attached hydrogens (tertiary/aromatic N) is 4. The van der Waals surface area contributed by atoms with Gasteiger partial charge in [-0.15, -0.1) is 16.8 Å². The number of carbonyl (C=O) groups excluding carboxylic acids is 1. The molecule has 7 nitrogen and oxygen atoms in total. The first kappa shape index (κ1) is 17.0. The zero-order chi connectivity index (χ0) is 17.5. The van der Waals surface area contributed by atoms with Crippen LogP contribution in [0.3, 0.4) is 0 Å². The molecule has 128 valence electrons. The van der Waals surface area contributed by atoms with E-state index in [-0.39, 0.29) is 11.7 Å². The molecule has 3 heterocycles. The molecule has 3 aromatic rings. The Hall–Kier alpha value is -2.87. The Morgan fingerprint density at radius 1 is 1.32 bits per heavy atom. The van der Waals surface area contributed by atoms with Crippen LogP contribution in [0.4, 0.5) is 0 Å². The van der Waals surface area contributed by atoms with Gasteiger partial charge >= 0.3 is 0 Å². The molecule has 1 N–H and O–H groups in total. The van der Waals surface area contributed by atoms with Crippen molar-refractivity contribution in [3.63, 3.8) is 0 Å². The first-order chi connectivity index (χ1) is 12.3. The number of pyridine rings is 1. The highest BCUT2D eigenvalue weighted by atomic mass is 32.2. The molecule has 0 aliphatic carbocycles. The van der Waals surface area contributed by atoms with Gasteiger partial charge in [-0.1, -0.05) is 17.8 Å². The number of carbonyl (C=O) groups is 1. The van der Waals surface area contributed by atoms with Crippen molar-refractivity contribution in [3.8, 4) is 11.4 Å². The predicted molar refractivity (Wildman–Crippen MR) is 95.0 cm³/mol. The Balaban J connectivity index is 1.83. The van der Waals surface area contributed by atoms with Crippen LogP contribution >= 0.6 is 11.8 Å². The Bertz CT molecular complexity index is 830. The number of thioether (sulfide) groups is 1. The summed E-state index contributed by atoms with van der Waals surface area (Å²) in [5.74, 6) is 1.66. The standard InChI is InChI=1S/C17H17N5O2S/c1-2-7-19-15(23)12-25-17-21-20-16(13-5-8-18-9-6-13)22(17)11-14-4-3-10-24-14/h2-6,8-10H,1,7,11-12H2,(H,19,23). The highest BCUT2D eigenvalue weighted by Crippen LogP contribution is 2.24. The van der Waals surface area contributed by atoms with Crippen molar-refractivity contribution in [2.45, 2.75) is 11.7 Å². The summed E-state index contributed by atoms with van der Waals surface area (Å²) in [4.78, 5) is 15.8. The van der Waals surface area contributed by atoms with Gasteiger partial charge in [0.2, 0.25) is 5.91 Å². The zero-order valence-corrected chi connectivity index (χ0v) is 14.3. The van der Waals surface area contributed by atoms with E-state index in [0.29, 0.717) is 24.1 Å². The third kappa shape index (κ3) is 4.36. The minimum absolute atomic E-state index is 0.0806. The summed E-state index contributed by atoms with van der Waals surface area (Å²) in [6, 6.07) is 7.46. The SMILES string of the molecule is C=CCNC(=O)CSc1nnc(-c2ccncc2)n1Cc1ccco1. The van der Waals surface area contributed by atoms with Crippen LogP contribution in [-0.2, 0) is 11.3 Å². The molecule has 1 amide bonds. The number of nitrogens with one attached hydrogen (secondary N) is 1. The van der Waals surface area contributed by atoms with E-state index in [1.54, 1.807) is 24.7 Å². The first-order valence-electron chi connectivity index (χ1n) is 7.64. The molecule has 0 saturated carbocycles. The van der Waals surface area contributed by atoms with Crippen LogP contribution in [0, 0.1) is 0 Å². The van der Waals surface area contributed by atoms with Crippen molar-refractivity contribution in [2.24, 2.45) is 0 Å². The second kappa shape index (κ2) is 8.29. The maximum atomic E-state index is 11.8. The van der Waals surface area contributed by atoms with Gasteiger partial charge in [-0.2, -0.15) is 0 Å². The molecule has 0 fully saturated rings. The van der Waals surface area contributed by atoms with E-state index in [4.69, 9.17) is 4.42 Å². The van der Waals surface area contributed by atoms with E-state index in [9.17, 15) is 4.79 Å². The van der Waals surface area contributed by atoms with Gasteiger partial charge in [0.15, 0.2) is 11.0 Å². The van der Waals surface area contributed by atoms with Gasteiger partial charge in [0, 0.05) is 24.5 Å².